The van der Waals surface area contributed by atoms with E-state index in [9.17, 15) is 0 Å². The fourth-order valence-corrected chi connectivity index (χ4v) is 2.62. The molecule has 0 unspecified atom stereocenters. The lowest BCUT2D eigenvalue weighted by Crippen LogP contribution is -1.98. The van der Waals surface area contributed by atoms with E-state index in [1.165, 1.54) is 16.7 Å². The monoisotopic (exact) mass is 317 g/mol. The zero-order valence-corrected chi connectivity index (χ0v) is 14.4. The summed E-state index contributed by atoms with van der Waals surface area (Å²) in [5.41, 5.74) is 6.26. The molecule has 2 aromatic heterocycles. The molecule has 3 nitrogen and oxygen atoms in total. The Morgan fingerprint density at radius 1 is 0.583 bits per heavy atom. The van der Waals surface area contributed by atoms with E-state index < -0.39 is 0 Å². The molecule has 0 saturated carbocycles. The molecule has 0 fully saturated rings. The summed E-state index contributed by atoms with van der Waals surface area (Å²) in [4.78, 5) is 13.1. The maximum atomic E-state index is 4.60. The van der Waals surface area contributed by atoms with Crippen molar-refractivity contribution in [1.29, 1.82) is 0 Å². The van der Waals surface area contributed by atoms with E-state index in [1.54, 1.807) is 0 Å². The number of hydrogen-bond donors (Lipinski definition) is 0. The Balaban J connectivity index is 1.51. The summed E-state index contributed by atoms with van der Waals surface area (Å²) in [7, 11) is 0. The summed E-state index contributed by atoms with van der Waals surface area (Å²) in [6.45, 7) is 4.02. The Kier molecular flexibility index (Phi) is 5.32. The lowest BCUT2D eigenvalue weighted by atomic mass is 10.0. The van der Waals surface area contributed by atoms with Crippen LogP contribution >= 0.6 is 0 Å². The quantitative estimate of drug-likeness (QED) is 0.688. The van der Waals surface area contributed by atoms with Gasteiger partial charge in [0.05, 0.1) is 0 Å². The third-order valence-electron chi connectivity index (χ3n) is 4.21. The van der Waals surface area contributed by atoms with E-state index in [-0.39, 0.29) is 0 Å². The van der Waals surface area contributed by atoms with Crippen molar-refractivity contribution in [2.75, 3.05) is 0 Å². The maximum absolute atomic E-state index is 4.60. The Hall–Kier alpha value is -2.55. The number of hydrogen-bond acceptors (Lipinski definition) is 3. The lowest BCUT2D eigenvalue weighted by molar-refractivity contribution is 0.875. The maximum Gasteiger partial charge on any atom is 0.125 e. The van der Waals surface area contributed by atoms with Gasteiger partial charge < -0.3 is 0 Å². The van der Waals surface area contributed by atoms with Crippen LogP contribution in [0.2, 0.25) is 0 Å². The first kappa shape index (κ1) is 16.3. The minimum atomic E-state index is 0.815. The van der Waals surface area contributed by atoms with Gasteiger partial charge in [-0.15, -0.1) is 0 Å². The van der Waals surface area contributed by atoms with Gasteiger partial charge >= 0.3 is 0 Å². The summed E-state index contributed by atoms with van der Waals surface area (Å²) < 4.78 is 0. The van der Waals surface area contributed by atoms with Crippen LogP contribution in [0.1, 0.15) is 33.8 Å². The van der Waals surface area contributed by atoms with Crippen molar-refractivity contribution in [3.05, 3.63) is 88.8 Å². The summed E-state index contributed by atoms with van der Waals surface area (Å²) >= 11 is 0. The molecule has 0 bridgehead atoms. The van der Waals surface area contributed by atoms with Gasteiger partial charge in [0.1, 0.15) is 5.82 Å². The smallest absolute Gasteiger partial charge is 0.125 e. The van der Waals surface area contributed by atoms with Crippen molar-refractivity contribution >= 4 is 0 Å². The molecule has 122 valence electrons. The lowest BCUT2D eigenvalue weighted by Gasteiger charge is -2.05. The van der Waals surface area contributed by atoms with Crippen LogP contribution in [-0.2, 0) is 25.7 Å². The minimum absolute atomic E-state index is 0.815. The fourth-order valence-electron chi connectivity index (χ4n) is 2.62. The van der Waals surface area contributed by atoms with Crippen LogP contribution in [0.4, 0.5) is 0 Å². The zero-order chi connectivity index (χ0) is 16.8. The Labute approximate surface area is 143 Å². The summed E-state index contributed by atoms with van der Waals surface area (Å²) in [6.07, 6.45) is 9.75. The average molecular weight is 317 g/mol. The first-order valence-corrected chi connectivity index (χ1v) is 8.46. The Morgan fingerprint density at radius 3 is 1.83 bits per heavy atom. The molecule has 0 spiro atoms. The molecule has 0 saturated heterocycles. The molecule has 0 atom stereocenters. The number of aromatic nitrogens is 3. The molecule has 0 aliphatic rings. The van der Waals surface area contributed by atoms with Crippen molar-refractivity contribution in [3.63, 3.8) is 0 Å². The van der Waals surface area contributed by atoms with Crippen LogP contribution in [0.15, 0.2) is 55.0 Å². The van der Waals surface area contributed by atoms with Gasteiger partial charge in [-0.25, -0.2) is 9.97 Å². The first-order valence-electron chi connectivity index (χ1n) is 8.46. The highest BCUT2D eigenvalue weighted by atomic mass is 14.8. The minimum Gasteiger partial charge on any atom is -0.261 e. The molecule has 24 heavy (non-hydrogen) atoms. The summed E-state index contributed by atoms with van der Waals surface area (Å²) in [6, 6.07) is 13.1. The van der Waals surface area contributed by atoms with Crippen LogP contribution in [0.5, 0.6) is 0 Å². The average Bonchev–Trinajstić information content (AvgIpc) is 2.62. The van der Waals surface area contributed by atoms with Crippen molar-refractivity contribution in [2.45, 2.75) is 39.5 Å². The third kappa shape index (κ3) is 4.72. The van der Waals surface area contributed by atoms with Crippen LogP contribution in [0.3, 0.4) is 0 Å². The zero-order valence-electron chi connectivity index (χ0n) is 14.4. The second kappa shape index (κ2) is 7.82. The molecule has 0 radical (unpaired) electrons. The normalized spacial score (nSPS) is 10.8. The summed E-state index contributed by atoms with van der Waals surface area (Å²) in [5, 5.41) is 0. The molecular weight excluding hydrogens is 294 g/mol. The van der Waals surface area contributed by atoms with Crippen LogP contribution in [-0.4, -0.2) is 15.0 Å². The van der Waals surface area contributed by atoms with Gasteiger partial charge in [-0.3, -0.25) is 4.98 Å². The van der Waals surface area contributed by atoms with Gasteiger partial charge in [0.2, 0.25) is 0 Å². The topological polar surface area (TPSA) is 38.7 Å². The van der Waals surface area contributed by atoms with Gasteiger partial charge in [0.15, 0.2) is 0 Å². The van der Waals surface area contributed by atoms with E-state index >= 15 is 0 Å². The van der Waals surface area contributed by atoms with E-state index in [4.69, 9.17) is 0 Å². The van der Waals surface area contributed by atoms with E-state index in [1.807, 2.05) is 25.5 Å². The van der Waals surface area contributed by atoms with Gasteiger partial charge in [0, 0.05) is 24.3 Å². The number of pyridine rings is 1. The predicted molar refractivity (Wildman–Crippen MR) is 97.0 cm³/mol. The molecule has 3 heteroatoms. The number of nitrogens with zero attached hydrogens (tertiary/aromatic N) is 3. The highest BCUT2D eigenvalue weighted by Crippen LogP contribution is 2.10. The Morgan fingerprint density at radius 2 is 1.17 bits per heavy atom. The van der Waals surface area contributed by atoms with Crippen LogP contribution in [0.25, 0.3) is 0 Å². The van der Waals surface area contributed by atoms with Crippen molar-refractivity contribution < 1.29 is 0 Å². The highest BCUT2D eigenvalue weighted by Gasteiger charge is 2.01. The second-order valence-electron chi connectivity index (χ2n) is 6.28. The van der Waals surface area contributed by atoms with Gasteiger partial charge in [0.25, 0.3) is 0 Å². The molecule has 2 heterocycles. The molecule has 3 rings (SSSR count). The highest BCUT2D eigenvalue weighted by molar-refractivity contribution is 5.23. The summed E-state index contributed by atoms with van der Waals surface area (Å²) in [5.74, 6) is 0.815. The van der Waals surface area contributed by atoms with Gasteiger partial charge in [-0.05, 0) is 62.3 Å². The number of aryl methyl sites for hydroxylation is 6. The molecule has 0 N–H and O–H groups in total. The van der Waals surface area contributed by atoms with E-state index in [0.717, 1.165) is 42.8 Å². The standard InChI is InChI=1S/C21H23N3/c1-16-3-5-18(6-4-16)7-8-19-9-11-21(24-13-19)12-10-20-14-22-17(2)23-15-20/h3-6,9,11,13-15H,7-8,10,12H2,1-2H3. The first-order chi connectivity index (χ1) is 11.7. The van der Waals surface area contributed by atoms with Gasteiger partial charge in [-0.1, -0.05) is 35.9 Å². The van der Waals surface area contributed by atoms with Gasteiger partial charge in [-0.2, -0.15) is 0 Å². The van der Waals surface area contributed by atoms with Crippen molar-refractivity contribution in [3.8, 4) is 0 Å². The SMILES string of the molecule is Cc1ccc(CCc2ccc(CCc3cnc(C)nc3)nc2)cc1. The van der Waals surface area contributed by atoms with Crippen molar-refractivity contribution in [2.24, 2.45) is 0 Å². The molecular formula is C21H23N3. The Bertz CT molecular complexity index is 691. The molecule has 1 aromatic carbocycles. The molecule has 0 amide bonds. The van der Waals surface area contributed by atoms with Crippen LogP contribution < -0.4 is 0 Å². The number of rotatable bonds is 6. The second-order valence-corrected chi connectivity index (χ2v) is 6.28. The number of benzene rings is 1. The third-order valence-corrected chi connectivity index (χ3v) is 4.21. The predicted octanol–water partition coefficient (Wildman–Crippen LogP) is 4.06. The van der Waals surface area contributed by atoms with Crippen molar-refractivity contribution in [1.82, 2.24) is 15.0 Å². The molecule has 0 aliphatic heterocycles. The molecule has 3 aromatic rings. The van der Waals surface area contributed by atoms with E-state index in [0.29, 0.717) is 0 Å². The fraction of sp³-hybridized carbons (Fsp3) is 0.286. The molecule has 0 aliphatic carbocycles. The van der Waals surface area contributed by atoms with Crippen LogP contribution in [0, 0.1) is 13.8 Å². The van der Waals surface area contributed by atoms with E-state index in [2.05, 4.69) is 58.3 Å². The largest absolute Gasteiger partial charge is 0.261 e.